The van der Waals surface area contributed by atoms with Crippen LogP contribution in [0.5, 0.6) is 0 Å². The molecule has 0 unspecified atom stereocenters. The maximum atomic E-state index is 12.9. The molecule has 0 bridgehead atoms. The number of pyridine rings is 1. The molecule has 3 aromatic rings. The minimum absolute atomic E-state index is 0.134. The van der Waals surface area contributed by atoms with Crippen LogP contribution in [0.2, 0.25) is 0 Å². The first kappa shape index (κ1) is 17.0. The van der Waals surface area contributed by atoms with E-state index in [2.05, 4.69) is 10.3 Å². The Hall–Kier alpha value is -3.47. The number of carbonyl (C=O) groups is 2. The summed E-state index contributed by atoms with van der Waals surface area (Å²) in [5.41, 5.74) is 3.90. The lowest BCUT2D eigenvalue weighted by molar-refractivity contribution is 0.0950. The molecule has 2 aromatic carbocycles. The number of nitrogens with one attached hydrogen (secondary N) is 1. The third-order valence-corrected chi connectivity index (χ3v) is 4.68. The van der Waals surface area contributed by atoms with Gasteiger partial charge in [0.25, 0.3) is 11.8 Å². The van der Waals surface area contributed by atoms with Gasteiger partial charge in [-0.2, -0.15) is 0 Å². The van der Waals surface area contributed by atoms with E-state index in [9.17, 15) is 9.59 Å². The van der Waals surface area contributed by atoms with Crippen molar-refractivity contribution in [1.82, 2.24) is 10.3 Å². The number of amides is 2. The normalized spacial score (nSPS) is 12.5. The van der Waals surface area contributed by atoms with Gasteiger partial charge in [-0.05, 0) is 29.7 Å². The fourth-order valence-corrected chi connectivity index (χ4v) is 3.27. The Labute approximate surface area is 157 Å². The Morgan fingerprint density at radius 1 is 0.963 bits per heavy atom. The molecule has 4 rings (SSSR count). The molecular formula is C22H19N3O2. The van der Waals surface area contributed by atoms with Crippen LogP contribution in [0, 0.1) is 0 Å². The van der Waals surface area contributed by atoms with Crippen molar-refractivity contribution in [2.75, 3.05) is 11.4 Å². The molecule has 1 aliphatic rings. The van der Waals surface area contributed by atoms with Gasteiger partial charge >= 0.3 is 0 Å². The summed E-state index contributed by atoms with van der Waals surface area (Å²) in [4.78, 5) is 31.2. The molecular weight excluding hydrogens is 338 g/mol. The van der Waals surface area contributed by atoms with Crippen molar-refractivity contribution in [1.29, 1.82) is 0 Å². The highest BCUT2D eigenvalue weighted by Gasteiger charge is 2.25. The summed E-state index contributed by atoms with van der Waals surface area (Å²) in [7, 11) is 0. The summed E-state index contributed by atoms with van der Waals surface area (Å²) >= 11 is 0. The summed E-state index contributed by atoms with van der Waals surface area (Å²) in [6, 6.07) is 19.2. The van der Waals surface area contributed by atoms with Crippen LogP contribution in [0.15, 0.2) is 73.1 Å². The zero-order valence-electron chi connectivity index (χ0n) is 14.8. The van der Waals surface area contributed by atoms with Crippen LogP contribution in [-0.2, 0) is 13.0 Å². The average molecular weight is 357 g/mol. The van der Waals surface area contributed by atoms with E-state index < -0.39 is 0 Å². The van der Waals surface area contributed by atoms with Gasteiger partial charge in [-0.15, -0.1) is 0 Å². The van der Waals surface area contributed by atoms with Crippen molar-refractivity contribution in [3.63, 3.8) is 0 Å². The van der Waals surface area contributed by atoms with Gasteiger partial charge in [0.1, 0.15) is 0 Å². The number of hydrogen-bond donors (Lipinski definition) is 1. The first-order valence-electron chi connectivity index (χ1n) is 8.89. The molecule has 0 fully saturated rings. The largest absolute Gasteiger partial charge is 0.348 e. The highest BCUT2D eigenvalue weighted by atomic mass is 16.2. The standard InChI is InChI=1S/C22H19N3O2/c26-21(24-13-16-6-2-1-3-7-16)18-12-19(15-23-14-18)22(27)25-11-10-17-8-4-5-9-20(17)25/h1-9,12,14-15H,10-11,13H2,(H,24,26). The fourth-order valence-electron chi connectivity index (χ4n) is 3.27. The van der Waals surface area contributed by atoms with E-state index in [0.717, 1.165) is 23.2 Å². The highest BCUT2D eigenvalue weighted by molar-refractivity contribution is 6.08. The Kier molecular flexibility index (Phi) is 4.66. The molecule has 134 valence electrons. The van der Waals surface area contributed by atoms with Crippen molar-refractivity contribution in [3.8, 4) is 0 Å². The summed E-state index contributed by atoms with van der Waals surface area (Å²) in [5, 5.41) is 2.86. The van der Waals surface area contributed by atoms with E-state index in [1.165, 1.54) is 12.4 Å². The van der Waals surface area contributed by atoms with Crippen LogP contribution in [0.3, 0.4) is 0 Å². The lowest BCUT2D eigenvalue weighted by Crippen LogP contribution is -2.29. The number of nitrogens with zero attached hydrogens (tertiary/aromatic N) is 2. The molecule has 1 N–H and O–H groups in total. The third-order valence-electron chi connectivity index (χ3n) is 4.68. The number of para-hydroxylation sites is 1. The predicted molar refractivity (Wildman–Crippen MR) is 104 cm³/mol. The number of benzene rings is 2. The molecule has 0 saturated carbocycles. The van der Waals surface area contributed by atoms with Crippen LogP contribution in [0.4, 0.5) is 5.69 Å². The molecule has 27 heavy (non-hydrogen) atoms. The molecule has 0 atom stereocenters. The average Bonchev–Trinajstić information content (AvgIpc) is 3.16. The lowest BCUT2D eigenvalue weighted by atomic mass is 10.1. The van der Waals surface area contributed by atoms with Gasteiger partial charge in [-0.25, -0.2) is 0 Å². The van der Waals surface area contributed by atoms with Crippen molar-refractivity contribution < 1.29 is 9.59 Å². The minimum atomic E-state index is -0.247. The van der Waals surface area contributed by atoms with Crippen LogP contribution < -0.4 is 10.2 Å². The topological polar surface area (TPSA) is 62.3 Å². The Morgan fingerprint density at radius 2 is 1.70 bits per heavy atom. The summed E-state index contributed by atoms with van der Waals surface area (Å²) < 4.78 is 0. The van der Waals surface area contributed by atoms with Gasteiger partial charge in [-0.3, -0.25) is 14.6 Å². The van der Waals surface area contributed by atoms with Crippen LogP contribution in [0.1, 0.15) is 31.8 Å². The second-order valence-electron chi connectivity index (χ2n) is 6.47. The number of anilines is 1. The van der Waals surface area contributed by atoms with E-state index in [0.29, 0.717) is 24.2 Å². The Balaban J connectivity index is 1.49. The zero-order valence-corrected chi connectivity index (χ0v) is 14.8. The van der Waals surface area contributed by atoms with Gasteiger partial charge in [0.2, 0.25) is 0 Å². The molecule has 5 heteroatoms. The number of hydrogen-bond acceptors (Lipinski definition) is 3. The van der Waals surface area contributed by atoms with Gasteiger partial charge in [-0.1, -0.05) is 48.5 Å². The van der Waals surface area contributed by atoms with Crippen molar-refractivity contribution >= 4 is 17.5 Å². The molecule has 0 radical (unpaired) electrons. The Morgan fingerprint density at radius 3 is 2.56 bits per heavy atom. The SMILES string of the molecule is O=C(NCc1ccccc1)c1cncc(C(=O)N2CCc3ccccc32)c1. The van der Waals surface area contributed by atoms with Crippen molar-refractivity contribution in [3.05, 3.63) is 95.3 Å². The van der Waals surface area contributed by atoms with Crippen LogP contribution >= 0.6 is 0 Å². The zero-order chi connectivity index (χ0) is 18.6. The minimum Gasteiger partial charge on any atom is -0.348 e. The quantitative estimate of drug-likeness (QED) is 0.780. The maximum Gasteiger partial charge on any atom is 0.259 e. The van der Waals surface area contributed by atoms with Crippen LogP contribution in [0.25, 0.3) is 0 Å². The van der Waals surface area contributed by atoms with E-state index in [1.807, 2.05) is 54.6 Å². The molecule has 2 amide bonds. The molecule has 2 heterocycles. The molecule has 0 aliphatic carbocycles. The van der Waals surface area contributed by atoms with Crippen molar-refractivity contribution in [2.24, 2.45) is 0 Å². The van der Waals surface area contributed by atoms with Crippen LogP contribution in [-0.4, -0.2) is 23.3 Å². The second kappa shape index (κ2) is 7.41. The van der Waals surface area contributed by atoms with E-state index >= 15 is 0 Å². The van der Waals surface area contributed by atoms with E-state index in [4.69, 9.17) is 0 Å². The number of fused-ring (bicyclic) bond motifs is 1. The Bertz CT molecular complexity index is 986. The van der Waals surface area contributed by atoms with E-state index in [-0.39, 0.29) is 11.8 Å². The fraction of sp³-hybridized carbons (Fsp3) is 0.136. The first-order chi connectivity index (χ1) is 13.2. The monoisotopic (exact) mass is 357 g/mol. The highest BCUT2D eigenvalue weighted by Crippen LogP contribution is 2.28. The van der Waals surface area contributed by atoms with Gasteiger partial charge in [0.05, 0.1) is 11.1 Å². The van der Waals surface area contributed by atoms with Gasteiger partial charge < -0.3 is 10.2 Å². The number of rotatable bonds is 4. The number of aromatic nitrogens is 1. The molecule has 1 aromatic heterocycles. The van der Waals surface area contributed by atoms with E-state index in [1.54, 1.807) is 11.0 Å². The van der Waals surface area contributed by atoms with Gasteiger partial charge in [0.15, 0.2) is 0 Å². The van der Waals surface area contributed by atoms with Gasteiger partial charge in [0, 0.05) is 31.2 Å². The molecule has 5 nitrogen and oxygen atoms in total. The maximum absolute atomic E-state index is 12.9. The molecule has 0 saturated heterocycles. The molecule has 0 spiro atoms. The molecule has 1 aliphatic heterocycles. The second-order valence-corrected chi connectivity index (χ2v) is 6.47. The number of carbonyl (C=O) groups excluding carboxylic acids is 2. The summed E-state index contributed by atoms with van der Waals surface area (Å²) in [5.74, 6) is -0.381. The lowest BCUT2D eigenvalue weighted by Gasteiger charge is -2.17. The first-order valence-corrected chi connectivity index (χ1v) is 8.89. The van der Waals surface area contributed by atoms with Crippen molar-refractivity contribution in [2.45, 2.75) is 13.0 Å². The summed E-state index contributed by atoms with van der Waals surface area (Å²) in [6.07, 6.45) is 3.83. The summed E-state index contributed by atoms with van der Waals surface area (Å²) in [6.45, 7) is 1.07. The predicted octanol–water partition coefficient (Wildman–Crippen LogP) is 3.21. The third kappa shape index (κ3) is 3.58. The smallest absolute Gasteiger partial charge is 0.259 e.